The fraction of sp³-hybridized carbons (Fsp3) is 0.308. The molecule has 1 aromatic carbocycles. The van der Waals surface area contributed by atoms with Crippen molar-refractivity contribution in [2.45, 2.75) is 19.7 Å². The largest absolute Gasteiger partial charge is 0.380 e. The number of rotatable bonds is 6. The van der Waals surface area contributed by atoms with Crippen LogP contribution >= 0.6 is 11.3 Å². The molecule has 0 unspecified atom stereocenters. The Kier molecular flexibility index (Phi) is 4.69. The Morgan fingerprint density at radius 1 is 1.33 bits per heavy atom. The summed E-state index contributed by atoms with van der Waals surface area (Å²) in [6.07, 6.45) is 1.81. The predicted molar refractivity (Wildman–Crippen MR) is 74.2 cm³/mol. The second-order valence-electron chi connectivity index (χ2n) is 4.02. The topological polar surface area (TPSA) is 60.2 Å². The van der Waals surface area contributed by atoms with E-state index < -0.39 is 0 Å². The Labute approximate surface area is 111 Å². The smallest absolute Gasteiger partial charge is 0.180 e. The van der Waals surface area contributed by atoms with Crippen LogP contribution in [0.1, 0.15) is 16.0 Å². The van der Waals surface area contributed by atoms with Gasteiger partial charge in [-0.3, -0.25) is 0 Å². The molecule has 0 amide bonds. The molecule has 0 radical (unpaired) electrons. The molecule has 5 heteroatoms. The number of aromatic nitrogens is 1. The summed E-state index contributed by atoms with van der Waals surface area (Å²) in [6.45, 7) is 2.28. The van der Waals surface area contributed by atoms with Crippen molar-refractivity contribution in [3.63, 3.8) is 0 Å². The van der Waals surface area contributed by atoms with Crippen LogP contribution in [0.25, 0.3) is 0 Å². The summed E-state index contributed by atoms with van der Waals surface area (Å²) in [5.74, 6) is 0. The van der Waals surface area contributed by atoms with Crippen LogP contribution in [0, 0.1) is 0 Å². The third-order valence-corrected chi connectivity index (χ3v) is 3.33. The summed E-state index contributed by atoms with van der Waals surface area (Å²) >= 11 is 1.52. The molecule has 2 aromatic rings. The van der Waals surface area contributed by atoms with Crippen molar-refractivity contribution >= 4 is 16.5 Å². The minimum atomic E-state index is 0.619. The molecular formula is C13H17N3OS. The van der Waals surface area contributed by atoms with Gasteiger partial charge in [0.25, 0.3) is 0 Å². The monoisotopic (exact) mass is 263 g/mol. The van der Waals surface area contributed by atoms with Gasteiger partial charge in [0.1, 0.15) is 0 Å². The fourth-order valence-corrected chi connectivity index (χ4v) is 2.38. The van der Waals surface area contributed by atoms with Gasteiger partial charge in [-0.25, -0.2) is 4.98 Å². The zero-order valence-corrected chi connectivity index (χ0v) is 11.2. The molecule has 0 aliphatic heterocycles. The number of methoxy groups -OCH3 is 1. The Morgan fingerprint density at radius 2 is 2.17 bits per heavy atom. The first kappa shape index (κ1) is 13.0. The van der Waals surface area contributed by atoms with E-state index in [9.17, 15) is 0 Å². The molecule has 0 fully saturated rings. The van der Waals surface area contributed by atoms with Crippen molar-refractivity contribution in [1.29, 1.82) is 0 Å². The van der Waals surface area contributed by atoms with Gasteiger partial charge in [-0.15, -0.1) is 11.3 Å². The Balaban J connectivity index is 1.84. The average molecular weight is 263 g/mol. The zero-order chi connectivity index (χ0) is 12.8. The van der Waals surface area contributed by atoms with Gasteiger partial charge in [-0.05, 0) is 11.1 Å². The van der Waals surface area contributed by atoms with E-state index in [0.717, 1.165) is 18.0 Å². The number of nitrogens with two attached hydrogens (primary N) is 1. The molecule has 4 nitrogen and oxygen atoms in total. The van der Waals surface area contributed by atoms with Crippen molar-refractivity contribution < 1.29 is 4.74 Å². The number of hydrogen-bond acceptors (Lipinski definition) is 5. The van der Waals surface area contributed by atoms with Crippen LogP contribution in [0.2, 0.25) is 0 Å². The maximum atomic E-state index is 5.58. The molecule has 0 saturated carbocycles. The van der Waals surface area contributed by atoms with Crippen molar-refractivity contribution in [2.24, 2.45) is 0 Å². The number of benzene rings is 1. The SMILES string of the molecule is COCc1cccc(CNCc2cnc(N)s2)c1. The van der Waals surface area contributed by atoms with Gasteiger partial charge >= 0.3 is 0 Å². The molecule has 2 rings (SSSR count). The van der Waals surface area contributed by atoms with Gasteiger partial charge in [-0.2, -0.15) is 0 Å². The summed E-state index contributed by atoms with van der Waals surface area (Å²) in [4.78, 5) is 5.17. The molecule has 0 atom stereocenters. The number of thiazole rings is 1. The average Bonchev–Trinajstić information content (AvgIpc) is 2.76. The number of anilines is 1. The van der Waals surface area contributed by atoms with Gasteiger partial charge in [-0.1, -0.05) is 24.3 Å². The van der Waals surface area contributed by atoms with E-state index in [-0.39, 0.29) is 0 Å². The number of nitrogens with zero attached hydrogens (tertiary/aromatic N) is 1. The molecule has 96 valence electrons. The quantitative estimate of drug-likeness (QED) is 0.838. The summed E-state index contributed by atoms with van der Waals surface area (Å²) in [6, 6.07) is 8.37. The van der Waals surface area contributed by atoms with Crippen molar-refractivity contribution in [2.75, 3.05) is 12.8 Å². The molecule has 0 bridgehead atoms. The van der Waals surface area contributed by atoms with Crippen molar-refractivity contribution in [1.82, 2.24) is 10.3 Å². The van der Waals surface area contributed by atoms with Crippen LogP contribution in [0.3, 0.4) is 0 Å². The van der Waals surface area contributed by atoms with Crippen molar-refractivity contribution in [3.05, 3.63) is 46.5 Å². The van der Waals surface area contributed by atoms with E-state index in [1.807, 2.05) is 6.20 Å². The van der Waals surface area contributed by atoms with Gasteiger partial charge in [0.2, 0.25) is 0 Å². The molecule has 18 heavy (non-hydrogen) atoms. The maximum Gasteiger partial charge on any atom is 0.180 e. The molecular weight excluding hydrogens is 246 g/mol. The molecule has 3 N–H and O–H groups in total. The van der Waals surface area contributed by atoms with Gasteiger partial charge in [0.05, 0.1) is 6.61 Å². The Hall–Kier alpha value is -1.43. The van der Waals surface area contributed by atoms with Crippen LogP contribution in [-0.2, 0) is 24.4 Å². The first-order chi connectivity index (χ1) is 8.78. The minimum Gasteiger partial charge on any atom is -0.380 e. The zero-order valence-electron chi connectivity index (χ0n) is 10.3. The highest BCUT2D eigenvalue weighted by atomic mass is 32.1. The lowest BCUT2D eigenvalue weighted by atomic mass is 10.1. The Morgan fingerprint density at radius 3 is 2.89 bits per heavy atom. The molecule has 1 aromatic heterocycles. The van der Waals surface area contributed by atoms with E-state index in [4.69, 9.17) is 10.5 Å². The van der Waals surface area contributed by atoms with E-state index >= 15 is 0 Å². The lowest BCUT2D eigenvalue weighted by Gasteiger charge is -2.05. The van der Waals surface area contributed by atoms with E-state index in [1.165, 1.54) is 22.5 Å². The minimum absolute atomic E-state index is 0.619. The molecule has 0 spiro atoms. The summed E-state index contributed by atoms with van der Waals surface area (Å²) in [5, 5.41) is 3.99. The van der Waals surface area contributed by atoms with Crippen LogP contribution in [0.15, 0.2) is 30.5 Å². The highest BCUT2D eigenvalue weighted by Crippen LogP contribution is 2.14. The van der Waals surface area contributed by atoms with Crippen LogP contribution in [0.5, 0.6) is 0 Å². The summed E-state index contributed by atoms with van der Waals surface area (Å²) in [7, 11) is 1.71. The highest BCUT2D eigenvalue weighted by Gasteiger charge is 1.99. The predicted octanol–water partition coefficient (Wildman–Crippen LogP) is 2.16. The summed E-state index contributed by atoms with van der Waals surface area (Å²) < 4.78 is 5.12. The first-order valence-electron chi connectivity index (χ1n) is 5.75. The third kappa shape index (κ3) is 3.80. The van der Waals surface area contributed by atoms with Crippen molar-refractivity contribution in [3.8, 4) is 0 Å². The van der Waals surface area contributed by atoms with E-state index in [2.05, 4.69) is 34.6 Å². The molecule has 0 saturated heterocycles. The molecule has 0 aliphatic rings. The van der Waals surface area contributed by atoms with E-state index in [1.54, 1.807) is 7.11 Å². The van der Waals surface area contributed by atoms with E-state index in [0.29, 0.717) is 11.7 Å². The maximum absolute atomic E-state index is 5.58. The second kappa shape index (κ2) is 6.49. The Bertz CT molecular complexity index is 498. The number of nitrogen functional groups attached to an aromatic ring is 1. The van der Waals surface area contributed by atoms with Crippen LogP contribution in [0.4, 0.5) is 5.13 Å². The fourth-order valence-electron chi connectivity index (χ4n) is 1.73. The standard InChI is InChI=1S/C13H17N3OS/c1-17-9-11-4-2-3-10(5-11)6-15-7-12-8-16-13(14)18-12/h2-5,8,15H,6-7,9H2,1H3,(H2,14,16). The molecule has 1 heterocycles. The summed E-state index contributed by atoms with van der Waals surface area (Å²) in [5.41, 5.74) is 8.03. The van der Waals surface area contributed by atoms with Gasteiger partial charge in [0.15, 0.2) is 5.13 Å². The lowest BCUT2D eigenvalue weighted by Crippen LogP contribution is -2.11. The lowest BCUT2D eigenvalue weighted by molar-refractivity contribution is 0.185. The van der Waals surface area contributed by atoms with Gasteiger partial charge in [0, 0.05) is 31.3 Å². The number of ether oxygens (including phenoxy) is 1. The van der Waals surface area contributed by atoms with Gasteiger partial charge < -0.3 is 15.8 Å². The third-order valence-electron chi connectivity index (χ3n) is 2.50. The van der Waals surface area contributed by atoms with Crippen LogP contribution in [-0.4, -0.2) is 12.1 Å². The normalized spacial score (nSPS) is 10.7. The van der Waals surface area contributed by atoms with Crippen LogP contribution < -0.4 is 11.1 Å². The molecule has 0 aliphatic carbocycles. The number of nitrogens with one attached hydrogen (secondary N) is 1. The second-order valence-corrected chi connectivity index (χ2v) is 5.17. The first-order valence-corrected chi connectivity index (χ1v) is 6.57. The highest BCUT2D eigenvalue weighted by molar-refractivity contribution is 7.15. The number of hydrogen-bond donors (Lipinski definition) is 2.